The van der Waals surface area contributed by atoms with Crippen LogP contribution in [0, 0.1) is 11.3 Å². The first-order valence-corrected chi connectivity index (χ1v) is 7.11. The van der Waals surface area contributed by atoms with Crippen molar-refractivity contribution in [1.82, 2.24) is 4.90 Å². The number of hydrogen-bond donors (Lipinski definition) is 0. The van der Waals surface area contributed by atoms with Crippen LogP contribution < -0.4 is 4.74 Å². The Morgan fingerprint density at radius 2 is 1.76 bits per heavy atom. The summed E-state index contributed by atoms with van der Waals surface area (Å²) in [5.41, 5.74) is 1.86. The van der Waals surface area contributed by atoms with Gasteiger partial charge in [-0.3, -0.25) is 4.90 Å². The maximum absolute atomic E-state index is 8.73. The summed E-state index contributed by atoms with van der Waals surface area (Å²) in [4.78, 5) is 2.19. The number of ether oxygens (including phenoxy) is 1. The zero-order chi connectivity index (χ0) is 15.1. The third-order valence-electron chi connectivity index (χ3n) is 3.09. The fourth-order valence-corrected chi connectivity index (χ4v) is 2.05. The highest BCUT2D eigenvalue weighted by atomic mass is 35.5. The lowest BCUT2D eigenvalue weighted by molar-refractivity contribution is 0.233. The van der Waals surface area contributed by atoms with E-state index in [1.165, 1.54) is 5.56 Å². The first-order chi connectivity index (χ1) is 10.2. The topological polar surface area (TPSA) is 36.3 Å². The number of rotatable bonds is 6. The summed E-state index contributed by atoms with van der Waals surface area (Å²) in [6, 6.07) is 17.1. The molecule has 0 saturated carbocycles. The molecule has 0 amide bonds. The molecule has 108 valence electrons. The van der Waals surface area contributed by atoms with Crippen LogP contribution in [0.4, 0.5) is 0 Å². The van der Waals surface area contributed by atoms with Gasteiger partial charge in [-0.15, -0.1) is 0 Å². The van der Waals surface area contributed by atoms with E-state index in [1.54, 1.807) is 12.1 Å². The van der Waals surface area contributed by atoms with Crippen LogP contribution in [0.1, 0.15) is 11.1 Å². The monoisotopic (exact) mass is 300 g/mol. The lowest BCUT2D eigenvalue weighted by Gasteiger charge is -2.17. The van der Waals surface area contributed by atoms with Crippen molar-refractivity contribution >= 4 is 11.6 Å². The molecule has 0 heterocycles. The maximum Gasteiger partial charge on any atom is 0.119 e. The average Bonchev–Trinajstić information content (AvgIpc) is 2.50. The summed E-state index contributed by atoms with van der Waals surface area (Å²) in [7, 11) is 2.05. The third kappa shape index (κ3) is 5.11. The van der Waals surface area contributed by atoms with Crippen LogP contribution >= 0.6 is 11.6 Å². The van der Waals surface area contributed by atoms with E-state index in [0.29, 0.717) is 12.2 Å². The molecule has 2 rings (SSSR count). The van der Waals surface area contributed by atoms with Crippen LogP contribution in [-0.2, 0) is 6.54 Å². The van der Waals surface area contributed by atoms with Crippen molar-refractivity contribution in [2.45, 2.75) is 6.54 Å². The molecule has 2 aromatic carbocycles. The number of nitriles is 1. The normalized spacial score (nSPS) is 10.4. The van der Waals surface area contributed by atoms with Gasteiger partial charge in [-0.2, -0.15) is 5.26 Å². The van der Waals surface area contributed by atoms with Gasteiger partial charge in [-0.25, -0.2) is 0 Å². The van der Waals surface area contributed by atoms with E-state index in [2.05, 4.69) is 18.0 Å². The molecule has 0 bridgehead atoms. The molecule has 21 heavy (non-hydrogen) atoms. The van der Waals surface area contributed by atoms with E-state index in [9.17, 15) is 0 Å². The number of benzene rings is 2. The van der Waals surface area contributed by atoms with Gasteiger partial charge in [0.15, 0.2) is 0 Å². The molecule has 0 atom stereocenters. The minimum atomic E-state index is 0.607. The lowest BCUT2D eigenvalue weighted by Crippen LogP contribution is -2.23. The first kappa shape index (κ1) is 15.4. The van der Waals surface area contributed by atoms with Crippen molar-refractivity contribution in [2.24, 2.45) is 0 Å². The van der Waals surface area contributed by atoms with Gasteiger partial charge in [0.1, 0.15) is 12.4 Å². The molecule has 0 spiro atoms. The number of likely N-dealkylation sites (N-methyl/N-ethyl adjacent to an activating group) is 1. The van der Waals surface area contributed by atoms with Crippen molar-refractivity contribution in [3.8, 4) is 11.8 Å². The SMILES string of the molecule is CN(CCOc1ccc(C#N)cc1)Cc1ccc(Cl)cc1. The standard InChI is InChI=1S/C17H17ClN2O/c1-20(13-15-2-6-16(18)7-3-15)10-11-21-17-8-4-14(12-19)5-9-17/h2-9H,10-11,13H2,1H3. The summed E-state index contributed by atoms with van der Waals surface area (Å²) in [5.74, 6) is 0.786. The van der Waals surface area contributed by atoms with Gasteiger partial charge < -0.3 is 4.74 Å². The van der Waals surface area contributed by atoms with Gasteiger partial charge in [-0.1, -0.05) is 23.7 Å². The maximum atomic E-state index is 8.73. The summed E-state index contributed by atoms with van der Waals surface area (Å²) in [6.45, 7) is 2.28. The van der Waals surface area contributed by atoms with E-state index < -0.39 is 0 Å². The molecule has 0 aliphatic heterocycles. The predicted octanol–water partition coefficient (Wildman–Crippen LogP) is 3.72. The fraction of sp³-hybridized carbons (Fsp3) is 0.235. The van der Waals surface area contributed by atoms with Crippen molar-refractivity contribution in [3.05, 3.63) is 64.7 Å². The van der Waals surface area contributed by atoms with Crippen LogP contribution in [0.2, 0.25) is 5.02 Å². The molecule has 0 N–H and O–H groups in total. The Hall–Kier alpha value is -2.02. The molecule has 0 aliphatic rings. The highest BCUT2D eigenvalue weighted by Gasteiger charge is 2.01. The first-order valence-electron chi connectivity index (χ1n) is 6.73. The van der Waals surface area contributed by atoms with Gasteiger partial charge in [0.25, 0.3) is 0 Å². The van der Waals surface area contributed by atoms with Crippen LogP contribution in [0.15, 0.2) is 48.5 Å². The molecule has 0 saturated heterocycles. The zero-order valence-corrected chi connectivity index (χ0v) is 12.7. The summed E-state index contributed by atoms with van der Waals surface area (Å²) >= 11 is 5.87. The van der Waals surface area contributed by atoms with Gasteiger partial charge in [0, 0.05) is 18.1 Å². The van der Waals surface area contributed by atoms with Crippen LogP contribution in [-0.4, -0.2) is 25.1 Å². The molecule has 0 aliphatic carbocycles. The molecule has 0 fully saturated rings. The predicted molar refractivity (Wildman–Crippen MR) is 84.4 cm³/mol. The molecule has 4 heteroatoms. The van der Waals surface area contributed by atoms with Crippen molar-refractivity contribution in [2.75, 3.05) is 20.2 Å². The van der Waals surface area contributed by atoms with Gasteiger partial charge in [0.2, 0.25) is 0 Å². The molecular formula is C17H17ClN2O. The van der Waals surface area contributed by atoms with Crippen molar-refractivity contribution in [3.63, 3.8) is 0 Å². The Labute approximate surface area is 130 Å². The van der Waals surface area contributed by atoms with E-state index in [1.807, 2.05) is 36.4 Å². The van der Waals surface area contributed by atoms with Gasteiger partial charge in [-0.05, 0) is 49.0 Å². The van der Waals surface area contributed by atoms with Crippen molar-refractivity contribution in [1.29, 1.82) is 5.26 Å². The van der Waals surface area contributed by atoms with Gasteiger partial charge >= 0.3 is 0 Å². The molecule has 2 aromatic rings. The molecule has 3 nitrogen and oxygen atoms in total. The average molecular weight is 301 g/mol. The molecular weight excluding hydrogens is 284 g/mol. The lowest BCUT2D eigenvalue weighted by atomic mass is 10.2. The fourth-order valence-electron chi connectivity index (χ4n) is 1.93. The van der Waals surface area contributed by atoms with E-state index >= 15 is 0 Å². The minimum absolute atomic E-state index is 0.607. The summed E-state index contributed by atoms with van der Waals surface area (Å²) < 4.78 is 5.66. The number of hydrogen-bond acceptors (Lipinski definition) is 3. The number of halogens is 1. The van der Waals surface area contributed by atoms with Crippen LogP contribution in [0.3, 0.4) is 0 Å². The quantitative estimate of drug-likeness (QED) is 0.815. The van der Waals surface area contributed by atoms with Crippen LogP contribution in [0.5, 0.6) is 5.75 Å². The zero-order valence-electron chi connectivity index (χ0n) is 11.9. The Morgan fingerprint density at radius 1 is 1.10 bits per heavy atom. The second kappa shape index (κ2) is 7.68. The summed E-state index contributed by atoms with van der Waals surface area (Å²) in [6.07, 6.45) is 0. The molecule has 0 radical (unpaired) electrons. The minimum Gasteiger partial charge on any atom is -0.492 e. The third-order valence-corrected chi connectivity index (χ3v) is 3.34. The van der Waals surface area contributed by atoms with Crippen molar-refractivity contribution < 1.29 is 4.74 Å². The Kier molecular flexibility index (Phi) is 5.62. The number of nitrogens with zero attached hydrogens (tertiary/aromatic N) is 2. The smallest absolute Gasteiger partial charge is 0.119 e. The van der Waals surface area contributed by atoms with Crippen LogP contribution in [0.25, 0.3) is 0 Å². The van der Waals surface area contributed by atoms with E-state index in [0.717, 1.165) is 23.9 Å². The van der Waals surface area contributed by atoms with Gasteiger partial charge in [0.05, 0.1) is 11.6 Å². The summed E-state index contributed by atoms with van der Waals surface area (Å²) in [5, 5.41) is 9.48. The molecule has 0 aromatic heterocycles. The Morgan fingerprint density at radius 3 is 2.38 bits per heavy atom. The highest BCUT2D eigenvalue weighted by molar-refractivity contribution is 6.30. The molecule has 0 unspecified atom stereocenters. The largest absolute Gasteiger partial charge is 0.492 e. The van der Waals surface area contributed by atoms with E-state index in [-0.39, 0.29) is 0 Å². The van der Waals surface area contributed by atoms with E-state index in [4.69, 9.17) is 21.6 Å². The Bertz CT molecular complexity index is 602. The Balaban J connectivity index is 1.74. The second-order valence-electron chi connectivity index (χ2n) is 4.85. The second-order valence-corrected chi connectivity index (χ2v) is 5.29. The highest BCUT2D eigenvalue weighted by Crippen LogP contribution is 2.12.